The van der Waals surface area contributed by atoms with E-state index in [1.54, 1.807) is 0 Å². The predicted octanol–water partition coefficient (Wildman–Crippen LogP) is 14.6. The van der Waals surface area contributed by atoms with Crippen LogP contribution in [0.15, 0.2) is 180 Å². The third-order valence-corrected chi connectivity index (χ3v) is 12.7. The second kappa shape index (κ2) is 10.9. The van der Waals surface area contributed by atoms with Crippen molar-refractivity contribution in [3.05, 3.63) is 170 Å². The van der Waals surface area contributed by atoms with Crippen LogP contribution in [0.1, 0.15) is 0 Å². The lowest BCUT2D eigenvalue weighted by molar-refractivity contribution is 1.40. The molecule has 0 fully saturated rings. The summed E-state index contributed by atoms with van der Waals surface area (Å²) in [5, 5.41) is 10.6. The van der Waals surface area contributed by atoms with E-state index in [1.165, 1.54) is 107 Å². The van der Waals surface area contributed by atoms with Crippen LogP contribution in [0.3, 0.4) is 0 Å². The van der Waals surface area contributed by atoms with Gasteiger partial charge in [0.05, 0.1) is 0 Å². The molecule has 0 nitrogen and oxygen atoms in total. The highest BCUT2D eigenvalue weighted by Gasteiger charge is 2.23. The number of thiophene rings is 1. The molecule has 0 amide bonds. The minimum Gasteiger partial charge on any atom is -0.135 e. The zero-order valence-electron chi connectivity index (χ0n) is 27.0. The molecule has 0 spiro atoms. The molecular formula is C48H28S2. The molecule has 0 radical (unpaired) electrons. The van der Waals surface area contributed by atoms with E-state index in [4.69, 9.17) is 0 Å². The Kier molecular flexibility index (Phi) is 6.16. The molecule has 1 aliphatic heterocycles. The van der Waals surface area contributed by atoms with Gasteiger partial charge in [-0.1, -0.05) is 151 Å². The Morgan fingerprint density at radius 2 is 0.980 bits per heavy atom. The van der Waals surface area contributed by atoms with Crippen molar-refractivity contribution in [1.82, 2.24) is 0 Å². The lowest BCUT2D eigenvalue weighted by Crippen LogP contribution is -1.94. The average Bonchev–Trinajstić information content (AvgIpc) is 3.55. The summed E-state index contributed by atoms with van der Waals surface area (Å²) in [5.41, 5.74) is 10.2. The first-order chi connectivity index (χ1) is 24.7. The Balaban J connectivity index is 1.01. The average molecular weight is 669 g/mol. The van der Waals surface area contributed by atoms with Crippen LogP contribution in [0.2, 0.25) is 0 Å². The fraction of sp³-hybridized carbons (Fsp3) is 0. The zero-order chi connectivity index (χ0) is 32.8. The monoisotopic (exact) mass is 668 g/mol. The van der Waals surface area contributed by atoms with Gasteiger partial charge < -0.3 is 0 Å². The summed E-state index contributed by atoms with van der Waals surface area (Å²) in [6, 6.07) is 63.1. The van der Waals surface area contributed by atoms with Gasteiger partial charge in [-0.2, -0.15) is 0 Å². The van der Waals surface area contributed by atoms with Gasteiger partial charge in [0.1, 0.15) is 0 Å². The predicted molar refractivity (Wildman–Crippen MR) is 218 cm³/mol. The summed E-state index contributed by atoms with van der Waals surface area (Å²) in [5.74, 6) is 0. The van der Waals surface area contributed by atoms with E-state index in [0.717, 1.165) is 0 Å². The first kappa shape index (κ1) is 28.2. The number of hydrogen-bond donors (Lipinski definition) is 0. The molecule has 10 aromatic rings. The van der Waals surface area contributed by atoms with Crippen LogP contribution >= 0.6 is 23.1 Å². The molecule has 11 rings (SSSR count). The molecule has 9 aromatic carbocycles. The Bertz CT molecular complexity index is 3000. The number of hydrogen-bond acceptors (Lipinski definition) is 2. The second-order valence-corrected chi connectivity index (χ2v) is 15.4. The first-order valence-electron chi connectivity index (χ1n) is 17.1. The third-order valence-electron chi connectivity index (χ3n) is 10.5. The van der Waals surface area contributed by atoms with Crippen LogP contribution in [0.5, 0.6) is 0 Å². The second-order valence-electron chi connectivity index (χ2n) is 13.3. The van der Waals surface area contributed by atoms with E-state index in [-0.39, 0.29) is 0 Å². The Morgan fingerprint density at radius 3 is 1.86 bits per heavy atom. The maximum absolute atomic E-state index is 2.46. The molecular weight excluding hydrogens is 641 g/mol. The van der Waals surface area contributed by atoms with Gasteiger partial charge in [-0.15, -0.1) is 11.3 Å². The molecule has 2 heterocycles. The van der Waals surface area contributed by atoms with Gasteiger partial charge in [-0.25, -0.2) is 0 Å². The van der Waals surface area contributed by atoms with Crippen LogP contribution < -0.4 is 0 Å². The van der Waals surface area contributed by atoms with Crippen molar-refractivity contribution in [3.63, 3.8) is 0 Å². The maximum atomic E-state index is 2.46. The summed E-state index contributed by atoms with van der Waals surface area (Å²) >= 11 is 3.82. The lowest BCUT2D eigenvalue weighted by atomic mass is 9.92. The van der Waals surface area contributed by atoms with E-state index in [2.05, 4.69) is 170 Å². The van der Waals surface area contributed by atoms with Crippen molar-refractivity contribution in [3.8, 4) is 44.5 Å². The van der Waals surface area contributed by atoms with E-state index >= 15 is 0 Å². The van der Waals surface area contributed by atoms with Gasteiger partial charge in [0.2, 0.25) is 0 Å². The standard InChI is InChI=1S/C48H28S2/c1-2-9-33-25-34(20-19-29(33)7-1)30-15-17-31(18-16-30)35-21-24-40-45(26-35)50-46-28-42-39-23-22-36(38-12-5-10-32-8-3-4-11-37(32)38)27-44(39)49-43-14-6-13-41(47(40)46)48(42)43/h1-28H. The maximum Gasteiger partial charge on any atom is 0.0368 e. The third kappa shape index (κ3) is 4.32. The van der Waals surface area contributed by atoms with Gasteiger partial charge in [0.25, 0.3) is 0 Å². The van der Waals surface area contributed by atoms with Gasteiger partial charge in [0, 0.05) is 35.3 Å². The summed E-state index contributed by atoms with van der Waals surface area (Å²) in [6.07, 6.45) is 0. The van der Waals surface area contributed by atoms with Crippen molar-refractivity contribution >= 4 is 75.6 Å². The minimum absolute atomic E-state index is 1.24. The Morgan fingerprint density at radius 1 is 0.300 bits per heavy atom. The van der Waals surface area contributed by atoms with Crippen LogP contribution in [0.4, 0.5) is 0 Å². The van der Waals surface area contributed by atoms with E-state index < -0.39 is 0 Å². The topological polar surface area (TPSA) is 0 Å². The molecule has 0 saturated heterocycles. The molecule has 1 aromatic heterocycles. The van der Waals surface area contributed by atoms with E-state index in [0.29, 0.717) is 0 Å². The first-order valence-corrected chi connectivity index (χ1v) is 18.7. The summed E-state index contributed by atoms with van der Waals surface area (Å²) in [7, 11) is 0. The number of rotatable bonds is 3. The highest BCUT2D eigenvalue weighted by molar-refractivity contribution is 7.99. The smallest absolute Gasteiger partial charge is 0.0368 e. The molecule has 1 aliphatic rings. The van der Waals surface area contributed by atoms with E-state index in [9.17, 15) is 0 Å². The van der Waals surface area contributed by atoms with E-state index in [1.807, 2.05) is 23.1 Å². The quantitative estimate of drug-likeness (QED) is 0.181. The Labute approximate surface area is 298 Å². The minimum atomic E-state index is 1.24. The zero-order valence-corrected chi connectivity index (χ0v) is 28.6. The molecule has 0 atom stereocenters. The Hall–Kier alpha value is -5.67. The van der Waals surface area contributed by atoms with Crippen molar-refractivity contribution in [1.29, 1.82) is 0 Å². The fourth-order valence-electron chi connectivity index (χ4n) is 8.01. The lowest BCUT2D eigenvalue weighted by Gasteiger charge is -2.22. The van der Waals surface area contributed by atoms with Crippen molar-refractivity contribution in [2.24, 2.45) is 0 Å². The molecule has 0 bridgehead atoms. The molecule has 0 unspecified atom stereocenters. The summed E-state index contributed by atoms with van der Waals surface area (Å²) in [6.45, 7) is 0. The highest BCUT2D eigenvalue weighted by atomic mass is 32.2. The SMILES string of the molecule is c1ccc2cc(-c3ccc(-c4ccc5c(c4)sc4cc6c7c(cccc7c45)Sc4cc(-c5cccc7ccccc57)ccc4-6)cc3)ccc2c1. The van der Waals surface area contributed by atoms with Gasteiger partial charge in [-0.05, 0) is 102 Å². The molecule has 0 N–H and O–H groups in total. The van der Waals surface area contributed by atoms with Gasteiger partial charge in [-0.3, -0.25) is 0 Å². The summed E-state index contributed by atoms with van der Waals surface area (Å²) < 4.78 is 2.68. The molecule has 2 heteroatoms. The molecule has 50 heavy (non-hydrogen) atoms. The van der Waals surface area contributed by atoms with Crippen molar-refractivity contribution < 1.29 is 0 Å². The largest absolute Gasteiger partial charge is 0.135 e. The van der Waals surface area contributed by atoms with Crippen LogP contribution in [0, 0.1) is 0 Å². The summed E-state index contributed by atoms with van der Waals surface area (Å²) in [4.78, 5) is 2.66. The number of benzene rings is 9. The molecule has 0 aliphatic carbocycles. The molecule has 232 valence electrons. The van der Waals surface area contributed by atoms with Gasteiger partial charge in [0.15, 0.2) is 0 Å². The number of fused-ring (bicyclic) bond motifs is 8. The van der Waals surface area contributed by atoms with Crippen LogP contribution in [-0.4, -0.2) is 0 Å². The highest BCUT2D eigenvalue weighted by Crippen LogP contribution is 2.53. The van der Waals surface area contributed by atoms with Crippen molar-refractivity contribution in [2.75, 3.05) is 0 Å². The fourth-order valence-corrected chi connectivity index (χ4v) is 10.4. The molecule has 0 saturated carbocycles. The van der Waals surface area contributed by atoms with Crippen molar-refractivity contribution in [2.45, 2.75) is 9.79 Å². The van der Waals surface area contributed by atoms with Crippen LogP contribution in [-0.2, 0) is 0 Å². The van der Waals surface area contributed by atoms with Crippen LogP contribution in [0.25, 0.3) is 97.0 Å². The normalized spacial score (nSPS) is 12.3. The van der Waals surface area contributed by atoms with Gasteiger partial charge >= 0.3 is 0 Å².